The summed E-state index contributed by atoms with van der Waals surface area (Å²) in [6.45, 7) is 0.248. The van der Waals surface area contributed by atoms with Crippen LogP contribution in [0.3, 0.4) is 0 Å². The van der Waals surface area contributed by atoms with E-state index in [1.54, 1.807) is 24.3 Å². The summed E-state index contributed by atoms with van der Waals surface area (Å²) < 4.78 is 10.1. The van der Waals surface area contributed by atoms with Crippen LogP contribution in [0.4, 0.5) is 0 Å². The highest BCUT2D eigenvalue weighted by atomic mass is 16.7. The van der Waals surface area contributed by atoms with Gasteiger partial charge in [-0.3, -0.25) is 9.59 Å². The largest absolute Gasteiger partial charge is 0.454 e. The predicted molar refractivity (Wildman–Crippen MR) is 79.5 cm³/mol. The Labute approximate surface area is 122 Å². The number of carbonyl (C=O) groups excluding carboxylic acids is 2. The molecule has 0 saturated heterocycles. The second kappa shape index (κ2) is 7.65. The highest BCUT2D eigenvalue weighted by Gasteiger charge is 2.12. The van der Waals surface area contributed by atoms with Crippen molar-refractivity contribution in [2.45, 2.75) is 0 Å². The molecule has 1 aliphatic rings. The molecule has 1 aliphatic heterocycles. The van der Waals surface area contributed by atoms with Gasteiger partial charge in [-0.25, -0.2) is 0 Å². The summed E-state index contributed by atoms with van der Waals surface area (Å²) in [5, 5.41) is 0. The molecule has 21 heavy (non-hydrogen) atoms. The highest BCUT2D eigenvalue weighted by molar-refractivity contribution is 5.76. The van der Waals surface area contributed by atoms with E-state index in [4.69, 9.17) is 9.47 Å². The molecule has 1 heterocycles. The lowest BCUT2D eigenvalue weighted by atomic mass is 10.2. The number of rotatable bonds is 3. The van der Waals surface area contributed by atoms with E-state index in [0.29, 0.717) is 17.1 Å². The third kappa shape index (κ3) is 4.31. The monoisotopic (exact) mass is 282 g/mol. The van der Waals surface area contributed by atoms with E-state index in [1.165, 1.54) is 6.08 Å². The van der Waals surface area contributed by atoms with Crippen molar-refractivity contribution in [2.75, 3.05) is 6.79 Å². The van der Waals surface area contributed by atoms with E-state index in [0.717, 1.165) is 18.1 Å². The first kappa shape index (κ1) is 14.5. The van der Waals surface area contributed by atoms with Crippen molar-refractivity contribution in [1.82, 2.24) is 0 Å². The SMILES string of the molecule is O=C/C=C/c1ccccc1.O=Cc1ccc2c(c1)OCO2. The van der Waals surface area contributed by atoms with Crippen molar-refractivity contribution < 1.29 is 19.1 Å². The summed E-state index contributed by atoms with van der Waals surface area (Å²) in [4.78, 5) is 20.2. The molecule has 0 unspecified atom stereocenters. The molecule has 0 fully saturated rings. The Hall–Kier alpha value is -2.88. The molecule has 0 N–H and O–H groups in total. The molecule has 0 amide bonds. The van der Waals surface area contributed by atoms with Gasteiger partial charge in [0.05, 0.1) is 0 Å². The van der Waals surface area contributed by atoms with Gasteiger partial charge in [-0.1, -0.05) is 36.4 Å². The molecule has 3 rings (SSSR count). The fourth-order valence-electron chi connectivity index (χ4n) is 1.70. The molecule has 0 spiro atoms. The topological polar surface area (TPSA) is 52.6 Å². The van der Waals surface area contributed by atoms with Crippen LogP contribution >= 0.6 is 0 Å². The van der Waals surface area contributed by atoms with Crippen LogP contribution in [0.5, 0.6) is 11.5 Å². The minimum absolute atomic E-state index is 0.248. The fraction of sp³-hybridized carbons (Fsp3) is 0.0588. The van der Waals surface area contributed by atoms with Gasteiger partial charge < -0.3 is 9.47 Å². The summed E-state index contributed by atoms with van der Waals surface area (Å²) in [6.07, 6.45) is 4.80. The molecule has 106 valence electrons. The van der Waals surface area contributed by atoms with Gasteiger partial charge >= 0.3 is 0 Å². The Bertz CT molecular complexity index is 632. The molecular weight excluding hydrogens is 268 g/mol. The number of benzene rings is 2. The average molecular weight is 282 g/mol. The van der Waals surface area contributed by atoms with Crippen LogP contribution in [0.1, 0.15) is 15.9 Å². The molecule has 0 radical (unpaired) electrons. The van der Waals surface area contributed by atoms with Gasteiger partial charge in [0.15, 0.2) is 11.5 Å². The van der Waals surface area contributed by atoms with Gasteiger partial charge in [0.1, 0.15) is 12.6 Å². The van der Waals surface area contributed by atoms with E-state index < -0.39 is 0 Å². The lowest BCUT2D eigenvalue weighted by Gasteiger charge is -1.94. The van der Waals surface area contributed by atoms with Crippen LogP contribution in [0.25, 0.3) is 6.08 Å². The average Bonchev–Trinajstić information content (AvgIpc) is 3.02. The van der Waals surface area contributed by atoms with Crippen LogP contribution in [0.2, 0.25) is 0 Å². The van der Waals surface area contributed by atoms with Crippen molar-refractivity contribution in [3.05, 3.63) is 65.7 Å². The van der Waals surface area contributed by atoms with Crippen LogP contribution in [0, 0.1) is 0 Å². The van der Waals surface area contributed by atoms with Crippen LogP contribution in [0.15, 0.2) is 54.6 Å². The summed E-state index contributed by atoms with van der Waals surface area (Å²) in [5.74, 6) is 1.35. The van der Waals surface area contributed by atoms with E-state index >= 15 is 0 Å². The summed E-state index contributed by atoms with van der Waals surface area (Å²) >= 11 is 0. The first-order chi connectivity index (χ1) is 10.3. The third-order valence-electron chi connectivity index (χ3n) is 2.70. The standard InChI is InChI=1S/C9H8O.C8H6O3/c10-8-4-7-9-5-2-1-3-6-9;9-4-6-1-2-7-8(3-6)11-5-10-7/h1-8H;1-4H,5H2/b7-4+;. The number of allylic oxidation sites excluding steroid dienone is 1. The van der Waals surface area contributed by atoms with Crippen LogP contribution < -0.4 is 9.47 Å². The Morgan fingerprint density at radius 2 is 1.62 bits per heavy atom. The number of hydrogen-bond acceptors (Lipinski definition) is 4. The van der Waals surface area contributed by atoms with E-state index in [1.807, 2.05) is 30.3 Å². The molecule has 0 saturated carbocycles. The lowest BCUT2D eigenvalue weighted by Crippen LogP contribution is -1.92. The third-order valence-corrected chi connectivity index (χ3v) is 2.70. The van der Waals surface area contributed by atoms with Gasteiger partial charge in [0, 0.05) is 5.56 Å². The first-order valence-electron chi connectivity index (χ1n) is 6.35. The number of aldehydes is 2. The summed E-state index contributed by atoms with van der Waals surface area (Å²) in [7, 11) is 0. The quantitative estimate of drug-likeness (QED) is 0.641. The van der Waals surface area contributed by atoms with Crippen molar-refractivity contribution in [2.24, 2.45) is 0 Å². The van der Waals surface area contributed by atoms with Crippen molar-refractivity contribution in [3.63, 3.8) is 0 Å². The van der Waals surface area contributed by atoms with E-state index in [-0.39, 0.29) is 6.79 Å². The zero-order valence-corrected chi connectivity index (χ0v) is 11.3. The van der Waals surface area contributed by atoms with Crippen LogP contribution in [-0.4, -0.2) is 19.4 Å². The number of carbonyl (C=O) groups is 2. The predicted octanol–water partition coefficient (Wildman–Crippen LogP) is 3.13. The van der Waals surface area contributed by atoms with Gasteiger partial charge in [0.25, 0.3) is 0 Å². The maximum Gasteiger partial charge on any atom is 0.231 e. The minimum atomic E-state index is 0.248. The Balaban J connectivity index is 0.000000155. The second-order valence-corrected chi connectivity index (χ2v) is 4.14. The molecule has 4 nitrogen and oxygen atoms in total. The van der Waals surface area contributed by atoms with Crippen molar-refractivity contribution in [1.29, 1.82) is 0 Å². The summed E-state index contributed by atoms with van der Waals surface area (Å²) in [5.41, 5.74) is 1.66. The highest BCUT2D eigenvalue weighted by Crippen LogP contribution is 2.31. The van der Waals surface area contributed by atoms with Gasteiger partial charge in [0.2, 0.25) is 6.79 Å². The lowest BCUT2D eigenvalue weighted by molar-refractivity contribution is -0.104. The van der Waals surface area contributed by atoms with Crippen molar-refractivity contribution in [3.8, 4) is 11.5 Å². The number of fused-ring (bicyclic) bond motifs is 1. The number of hydrogen-bond donors (Lipinski definition) is 0. The summed E-state index contributed by atoms with van der Waals surface area (Å²) in [6, 6.07) is 14.8. The second-order valence-electron chi connectivity index (χ2n) is 4.14. The zero-order chi connectivity index (χ0) is 14.9. The molecule has 0 aliphatic carbocycles. The minimum Gasteiger partial charge on any atom is -0.454 e. The zero-order valence-electron chi connectivity index (χ0n) is 11.3. The van der Waals surface area contributed by atoms with Gasteiger partial charge in [-0.05, 0) is 29.8 Å². The fourth-order valence-corrected chi connectivity index (χ4v) is 1.70. The Kier molecular flexibility index (Phi) is 5.29. The molecule has 4 heteroatoms. The van der Waals surface area contributed by atoms with Crippen molar-refractivity contribution >= 4 is 18.6 Å². The van der Waals surface area contributed by atoms with E-state index in [2.05, 4.69) is 0 Å². The number of ether oxygens (including phenoxy) is 2. The molecule has 0 bridgehead atoms. The molecule has 2 aromatic rings. The van der Waals surface area contributed by atoms with Gasteiger partial charge in [-0.2, -0.15) is 0 Å². The molecule has 2 aromatic carbocycles. The molecular formula is C17H14O4. The Morgan fingerprint density at radius 3 is 2.33 bits per heavy atom. The van der Waals surface area contributed by atoms with Crippen LogP contribution in [-0.2, 0) is 4.79 Å². The maximum atomic E-state index is 10.3. The smallest absolute Gasteiger partial charge is 0.231 e. The van der Waals surface area contributed by atoms with E-state index in [9.17, 15) is 9.59 Å². The molecule has 0 atom stereocenters. The Morgan fingerprint density at radius 1 is 0.857 bits per heavy atom. The maximum absolute atomic E-state index is 10.3. The normalized spacial score (nSPS) is 11.6. The first-order valence-corrected chi connectivity index (χ1v) is 6.35. The van der Waals surface area contributed by atoms with Gasteiger partial charge in [-0.15, -0.1) is 0 Å². The molecule has 0 aromatic heterocycles.